The monoisotopic (exact) mass is 209 g/mol. The SMILES string of the molecule is CC(C)NS(=O)(=O)CCC(C)(C)O. The number of aliphatic hydroxyl groups is 1. The predicted octanol–water partition coefficient (Wildman–Crippen LogP) is 0.475. The van der Waals surface area contributed by atoms with Gasteiger partial charge in [0, 0.05) is 6.04 Å². The van der Waals surface area contributed by atoms with Gasteiger partial charge in [-0.05, 0) is 34.1 Å². The van der Waals surface area contributed by atoms with Gasteiger partial charge < -0.3 is 5.11 Å². The van der Waals surface area contributed by atoms with E-state index in [1.807, 2.05) is 0 Å². The number of rotatable bonds is 5. The molecule has 0 saturated carbocycles. The molecule has 0 radical (unpaired) electrons. The lowest BCUT2D eigenvalue weighted by molar-refractivity contribution is 0.0771. The highest BCUT2D eigenvalue weighted by molar-refractivity contribution is 7.89. The normalized spacial score (nSPS) is 13.7. The van der Waals surface area contributed by atoms with Crippen LogP contribution in [0.2, 0.25) is 0 Å². The van der Waals surface area contributed by atoms with Gasteiger partial charge in [-0.2, -0.15) is 0 Å². The molecular weight excluding hydrogens is 190 g/mol. The lowest BCUT2D eigenvalue weighted by Gasteiger charge is -2.17. The van der Waals surface area contributed by atoms with Crippen LogP contribution in [0.25, 0.3) is 0 Å². The molecule has 0 atom stereocenters. The summed E-state index contributed by atoms with van der Waals surface area (Å²) < 4.78 is 25.0. The topological polar surface area (TPSA) is 66.4 Å². The van der Waals surface area contributed by atoms with Gasteiger partial charge in [0.25, 0.3) is 0 Å². The third-order valence-corrected chi connectivity index (χ3v) is 2.97. The largest absolute Gasteiger partial charge is 0.390 e. The molecule has 0 aliphatic heterocycles. The van der Waals surface area contributed by atoms with Crippen molar-refractivity contribution < 1.29 is 13.5 Å². The molecule has 2 N–H and O–H groups in total. The molecule has 0 saturated heterocycles. The second-order valence-corrected chi connectivity index (χ2v) is 6.03. The number of hydrogen-bond donors (Lipinski definition) is 2. The number of sulfonamides is 1. The zero-order chi connectivity index (χ0) is 10.7. The van der Waals surface area contributed by atoms with Crippen molar-refractivity contribution in [3.05, 3.63) is 0 Å². The molecule has 0 bridgehead atoms. The summed E-state index contributed by atoms with van der Waals surface area (Å²) in [5, 5.41) is 9.32. The lowest BCUT2D eigenvalue weighted by Crippen LogP contribution is -2.35. The standard InChI is InChI=1S/C8H19NO3S/c1-7(2)9-13(11,12)6-5-8(3,4)10/h7,9-10H,5-6H2,1-4H3. The summed E-state index contributed by atoms with van der Waals surface area (Å²) >= 11 is 0. The van der Waals surface area contributed by atoms with Crippen molar-refractivity contribution in [3.63, 3.8) is 0 Å². The molecule has 4 nitrogen and oxygen atoms in total. The van der Waals surface area contributed by atoms with E-state index in [0.29, 0.717) is 0 Å². The first-order chi connectivity index (χ1) is 5.62. The molecular formula is C8H19NO3S. The average Bonchev–Trinajstić information content (AvgIpc) is 1.79. The van der Waals surface area contributed by atoms with Gasteiger partial charge in [-0.3, -0.25) is 0 Å². The molecule has 5 heteroatoms. The zero-order valence-corrected chi connectivity index (χ0v) is 9.48. The Labute approximate surface area is 80.4 Å². The van der Waals surface area contributed by atoms with Gasteiger partial charge in [-0.25, -0.2) is 13.1 Å². The van der Waals surface area contributed by atoms with Gasteiger partial charge >= 0.3 is 0 Å². The second-order valence-electron chi connectivity index (χ2n) is 4.15. The maximum atomic E-state index is 11.3. The predicted molar refractivity (Wildman–Crippen MR) is 53.0 cm³/mol. The first-order valence-electron chi connectivity index (χ1n) is 4.35. The minimum Gasteiger partial charge on any atom is -0.390 e. The molecule has 0 unspecified atom stereocenters. The van der Waals surface area contributed by atoms with E-state index in [1.165, 1.54) is 0 Å². The molecule has 0 amide bonds. The van der Waals surface area contributed by atoms with E-state index in [-0.39, 0.29) is 18.2 Å². The van der Waals surface area contributed by atoms with Crippen molar-refractivity contribution in [2.45, 2.75) is 45.8 Å². The van der Waals surface area contributed by atoms with Crippen LogP contribution in [-0.4, -0.2) is 30.9 Å². The van der Waals surface area contributed by atoms with Crippen molar-refractivity contribution >= 4 is 10.0 Å². The molecule has 0 aromatic carbocycles. The van der Waals surface area contributed by atoms with Crippen molar-refractivity contribution in [1.82, 2.24) is 4.72 Å². The fourth-order valence-electron chi connectivity index (χ4n) is 0.802. The Morgan fingerprint density at radius 1 is 1.38 bits per heavy atom. The summed E-state index contributed by atoms with van der Waals surface area (Å²) in [6.07, 6.45) is 0.245. The van der Waals surface area contributed by atoms with Crippen LogP contribution in [0.4, 0.5) is 0 Å². The maximum absolute atomic E-state index is 11.3. The van der Waals surface area contributed by atoms with Crippen molar-refractivity contribution in [1.29, 1.82) is 0 Å². The Morgan fingerprint density at radius 2 is 1.85 bits per heavy atom. The fraction of sp³-hybridized carbons (Fsp3) is 1.00. The Kier molecular flexibility index (Phi) is 4.35. The molecule has 0 aliphatic rings. The number of hydrogen-bond acceptors (Lipinski definition) is 3. The Bertz CT molecular complexity index is 239. The molecule has 0 rings (SSSR count). The minimum atomic E-state index is -3.22. The molecule has 0 heterocycles. The van der Waals surface area contributed by atoms with E-state index in [0.717, 1.165) is 0 Å². The van der Waals surface area contributed by atoms with Crippen LogP contribution in [0, 0.1) is 0 Å². The molecule has 80 valence electrons. The highest BCUT2D eigenvalue weighted by Crippen LogP contribution is 2.08. The van der Waals surface area contributed by atoms with Crippen LogP contribution >= 0.6 is 0 Å². The second kappa shape index (κ2) is 4.39. The summed E-state index contributed by atoms with van der Waals surface area (Å²) in [5.74, 6) is -0.0331. The van der Waals surface area contributed by atoms with Gasteiger partial charge in [0.05, 0.1) is 11.4 Å². The van der Waals surface area contributed by atoms with Gasteiger partial charge in [-0.1, -0.05) is 0 Å². The summed E-state index contributed by atoms with van der Waals surface area (Å²) in [4.78, 5) is 0. The Balaban J connectivity index is 4.06. The van der Waals surface area contributed by atoms with E-state index in [9.17, 15) is 13.5 Å². The van der Waals surface area contributed by atoms with Gasteiger partial charge in [0.15, 0.2) is 0 Å². The number of nitrogens with one attached hydrogen (secondary N) is 1. The molecule has 13 heavy (non-hydrogen) atoms. The van der Waals surface area contributed by atoms with Crippen LogP contribution in [0.5, 0.6) is 0 Å². The van der Waals surface area contributed by atoms with Crippen LogP contribution in [0.15, 0.2) is 0 Å². The zero-order valence-electron chi connectivity index (χ0n) is 8.66. The van der Waals surface area contributed by atoms with E-state index in [1.54, 1.807) is 27.7 Å². The molecule has 0 spiro atoms. The lowest BCUT2D eigenvalue weighted by atomic mass is 10.1. The van der Waals surface area contributed by atoms with Gasteiger partial charge in [-0.15, -0.1) is 0 Å². The Hall–Kier alpha value is -0.130. The van der Waals surface area contributed by atoms with E-state index >= 15 is 0 Å². The minimum absolute atomic E-state index is 0.0331. The first kappa shape index (κ1) is 12.9. The molecule has 0 aromatic heterocycles. The maximum Gasteiger partial charge on any atom is 0.211 e. The van der Waals surface area contributed by atoms with Gasteiger partial charge in [0.1, 0.15) is 0 Å². The Morgan fingerprint density at radius 3 is 2.15 bits per heavy atom. The average molecular weight is 209 g/mol. The van der Waals surface area contributed by atoms with Crippen molar-refractivity contribution in [2.24, 2.45) is 0 Å². The first-order valence-corrected chi connectivity index (χ1v) is 6.00. The smallest absolute Gasteiger partial charge is 0.211 e. The van der Waals surface area contributed by atoms with Crippen molar-refractivity contribution in [2.75, 3.05) is 5.75 Å². The molecule has 0 aliphatic carbocycles. The van der Waals surface area contributed by atoms with Crippen LogP contribution in [0.3, 0.4) is 0 Å². The molecule has 0 aromatic rings. The van der Waals surface area contributed by atoms with Crippen LogP contribution < -0.4 is 4.72 Å². The van der Waals surface area contributed by atoms with E-state index in [2.05, 4.69) is 4.72 Å². The van der Waals surface area contributed by atoms with E-state index < -0.39 is 15.6 Å². The summed E-state index contributed by atoms with van der Waals surface area (Å²) in [6.45, 7) is 6.72. The van der Waals surface area contributed by atoms with E-state index in [4.69, 9.17) is 0 Å². The van der Waals surface area contributed by atoms with Gasteiger partial charge in [0.2, 0.25) is 10.0 Å². The quantitative estimate of drug-likeness (QED) is 0.692. The highest BCUT2D eigenvalue weighted by atomic mass is 32.2. The fourth-order valence-corrected chi connectivity index (χ4v) is 2.41. The van der Waals surface area contributed by atoms with Crippen LogP contribution in [-0.2, 0) is 10.0 Å². The highest BCUT2D eigenvalue weighted by Gasteiger charge is 2.18. The summed E-state index contributed by atoms with van der Waals surface area (Å²) in [7, 11) is -3.22. The summed E-state index contributed by atoms with van der Waals surface area (Å²) in [5.41, 5.74) is -0.925. The molecule has 0 fully saturated rings. The summed E-state index contributed by atoms with van der Waals surface area (Å²) in [6, 6.07) is -0.0909. The van der Waals surface area contributed by atoms with Crippen LogP contribution in [0.1, 0.15) is 34.1 Å². The van der Waals surface area contributed by atoms with Crippen molar-refractivity contribution in [3.8, 4) is 0 Å². The third-order valence-electron chi connectivity index (χ3n) is 1.40. The third kappa shape index (κ3) is 8.21.